The molecule has 0 aromatic carbocycles. The Kier molecular flexibility index (Phi) is 2.36. The Balaban J connectivity index is 2.59. The van der Waals surface area contributed by atoms with Crippen molar-refractivity contribution in [3.63, 3.8) is 0 Å². The fraction of sp³-hybridized carbons (Fsp3) is 0.900. The first-order valence-corrected chi connectivity index (χ1v) is 4.60. The zero-order chi connectivity index (χ0) is 8.48. The summed E-state index contributed by atoms with van der Waals surface area (Å²) in [7, 11) is 0. The van der Waals surface area contributed by atoms with Crippen molar-refractivity contribution in [1.29, 1.82) is 0 Å². The van der Waals surface area contributed by atoms with Crippen LogP contribution in [0.25, 0.3) is 0 Å². The average molecular weight is 154 g/mol. The molecular weight excluding hydrogens is 136 g/mol. The molecule has 0 radical (unpaired) electrons. The highest BCUT2D eigenvalue weighted by Crippen LogP contribution is 2.38. The molecule has 0 aromatic heterocycles. The van der Waals surface area contributed by atoms with Crippen LogP contribution in [0.5, 0.6) is 0 Å². The molecule has 0 heterocycles. The standard InChI is InChI=1S/C10H18O/c1-4-10(3)6-5-8(2)9(11)7-10/h8H,4-7H2,1-3H3/t8-,10+/m0/s1. The van der Waals surface area contributed by atoms with Gasteiger partial charge >= 0.3 is 0 Å². The number of rotatable bonds is 1. The SMILES string of the molecule is CC[C@]1(C)CC[C@H](C)C(=O)C1. The highest BCUT2D eigenvalue weighted by molar-refractivity contribution is 5.82. The van der Waals surface area contributed by atoms with Crippen molar-refractivity contribution in [2.24, 2.45) is 11.3 Å². The smallest absolute Gasteiger partial charge is 0.136 e. The molecule has 64 valence electrons. The largest absolute Gasteiger partial charge is 0.299 e. The Morgan fingerprint density at radius 3 is 2.73 bits per heavy atom. The summed E-state index contributed by atoms with van der Waals surface area (Å²) in [5, 5.41) is 0. The van der Waals surface area contributed by atoms with E-state index in [4.69, 9.17) is 0 Å². The highest BCUT2D eigenvalue weighted by Gasteiger charge is 2.32. The lowest BCUT2D eigenvalue weighted by Crippen LogP contribution is -2.30. The summed E-state index contributed by atoms with van der Waals surface area (Å²) in [6.45, 7) is 6.47. The normalized spacial score (nSPS) is 39.2. The van der Waals surface area contributed by atoms with Crippen LogP contribution in [0.1, 0.15) is 46.5 Å². The van der Waals surface area contributed by atoms with Gasteiger partial charge in [0.1, 0.15) is 5.78 Å². The minimum atomic E-state index is 0.323. The second-order valence-electron chi connectivity index (χ2n) is 4.25. The summed E-state index contributed by atoms with van der Waals surface area (Å²) in [6, 6.07) is 0. The zero-order valence-corrected chi connectivity index (χ0v) is 7.81. The van der Waals surface area contributed by atoms with E-state index in [1.165, 1.54) is 6.42 Å². The molecule has 0 aliphatic heterocycles. The van der Waals surface area contributed by atoms with E-state index in [2.05, 4.69) is 20.8 Å². The van der Waals surface area contributed by atoms with Gasteiger partial charge in [0.15, 0.2) is 0 Å². The molecule has 0 bridgehead atoms. The minimum Gasteiger partial charge on any atom is -0.299 e. The summed E-state index contributed by atoms with van der Waals surface area (Å²) in [5.41, 5.74) is 0.323. The number of Topliss-reactive ketones (excluding diaryl/α,β-unsaturated/α-hetero) is 1. The van der Waals surface area contributed by atoms with Gasteiger partial charge in [-0.1, -0.05) is 27.2 Å². The lowest BCUT2D eigenvalue weighted by Gasteiger charge is -2.34. The summed E-state index contributed by atoms with van der Waals surface area (Å²) >= 11 is 0. The first-order valence-electron chi connectivity index (χ1n) is 4.60. The molecule has 0 unspecified atom stereocenters. The van der Waals surface area contributed by atoms with Crippen LogP contribution >= 0.6 is 0 Å². The number of hydrogen-bond donors (Lipinski definition) is 0. The maximum Gasteiger partial charge on any atom is 0.136 e. The van der Waals surface area contributed by atoms with Crippen LogP contribution < -0.4 is 0 Å². The van der Waals surface area contributed by atoms with Crippen LogP contribution in [0.2, 0.25) is 0 Å². The van der Waals surface area contributed by atoms with Gasteiger partial charge in [-0.25, -0.2) is 0 Å². The van der Waals surface area contributed by atoms with Crippen molar-refractivity contribution in [3.05, 3.63) is 0 Å². The van der Waals surface area contributed by atoms with Crippen molar-refractivity contribution in [2.45, 2.75) is 46.5 Å². The van der Waals surface area contributed by atoms with E-state index in [1.807, 2.05) is 0 Å². The Hall–Kier alpha value is -0.330. The molecule has 11 heavy (non-hydrogen) atoms. The van der Waals surface area contributed by atoms with Crippen LogP contribution in [-0.2, 0) is 4.79 Å². The van der Waals surface area contributed by atoms with Crippen molar-refractivity contribution < 1.29 is 4.79 Å². The van der Waals surface area contributed by atoms with E-state index >= 15 is 0 Å². The van der Waals surface area contributed by atoms with E-state index in [0.29, 0.717) is 17.1 Å². The topological polar surface area (TPSA) is 17.1 Å². The maximum absolute atomic E-state index is 11.4. The average Bonchev–Trinajstić information content (AvgIpc) is 1.98. The lowest BCUT2D eigenvalue weighted by molar-refractivity contribution is -0.127. The molecule has 0 N–H and O–H groups in total. The molecule has 2 atom stereocenters. The number of ketones is 1. The minimum absolute atomic E-state index is 0.323. The second-order valence-corrected chi connectivity index (χ2v) is 4.25. The molecule has 1 aliphatic rings. The maximum atomic E-state index is 11.4. The van der Waals surface area contributed by atoms with Gasteiger partial charge < -0.3 is 0 Å². The van der Waals surface area contributed by atoms with E-state index in [0.717, 1.165) is 19.3 Å². The van der Waals surface area contributed by atoms with E-state index in [1.54, 1.807) is 0 Å². The molecule has 1 fully saturated rings. The van der Waals surface area contributed by atoms with Crippen molar-refractivity contribution in [1.82, 2.24) is 0 Å². The molecule has 1 nitrogen and oxygen atoms in total. The van der Waals surface area contributed by atoms with Gasteiger partial charge in [0, 0.05) is 12.3 Å². The fourth-order valence-electron chi connectivity index (χ4n) is 1.71. The predicted octanol–water partition coefficient (Wildman–Crippen LogP) is 2.79. The Morgan fingerprint density at radius 1 is 1.64 bits per heavy atom. The van der Waals surface area contributed by atoms with Crippen molar-refractivity contribution in [3.8, 4) is 0 Å². The summed E-state index contributed by atoms with van der Waals surface area (Å²) < 4.78 is 0. The first kappa shape index (κ1) is 8.76. The van der Waals surface area contributed by atoms with Crippen LogP contribution in [0, 0.1) is 11.3 Å². The van der Waals surface area contributed by atoms with E-state index in [-0.39, 0.29) is 0 Å². The van der Waals surface area contributed by atoms with Crippen LogP contribution in [0.15, 0.2) is 0 Å². The summed E-state index contributed by atoms with van der Waals surface area (Å²) in [6.07, 6.45) is 4.29. The number of hydrogen-bond acceptors (Lipinski definition) is 1. The first-order chi connectivity index (χ1) is 5.07. The summed E-state index contributed by atoms with van der Waals surface area (Å²) in [5.74, 6) is 0.801. The van der Waals surface area contributed by atoms with Gasteiger partial charge in [-0.15, -0.1) is 0 Å². The Bertz CT molecular complexity index is 162. The third kappa shape index (κ3) is 1.82. The molecule has 0 spiro atoms. The second kappa shape index (κ2) is 2.96. The quantitative estimate of drug-likeness (QED) is 0.567. The molecule has 0 saturated heterocycles. The number of carbonyl (C=O) groups is 1. The van der Waals surface area contributed by atoms with Gasteiger partial charge in [-0.05, 0) is 18.3 Å². The lowest BCUT2D eigenvalue weighted by atomic mass is 9.70. The van der Waals surface area contributed by atoms with Crippen molar-refractivity contribution in [2.75, 3.05) is 0 Å². The van der Waals surface area contributed by atoms with Crippen LogP contribution in [-0.4, -0.2) is 5.78 Å². The Morgan fingerprint density at radius 2 is 2.27 bits per heavy atom. The summed E-state index contributed by atoms with van der Waals surface area (Å²) in [4.78, 5) is 11.4. The third-order valence-electron chi connectivity index (χ3n) is 3.19. The van der Waals surface area contributed by atoms with Crippen LogP contribution in [0.3, 0.4) is 0 Å². The van der Waals surface area contributed by atoms with E-state index in [9.17, 15) is 4.79 Å². The van der Waals surface area contributed by atoms with Gasteiger partial charge in [0.25, 0.3) is 0 Å². The fourth-order valence-corrected chi connectivity index (χ4v) is 1.71. The molecule has 1 aliphatic carbocycles. The molecular formula is C10H18O. The molecule has 1 heteroatoms. The third-order valence-corrected chi connectivity index (χ3v) is 3.19. The molecule has 1 saturated carbocycles. The van der Waals surface area contributed by atoms with Gasteiger partial charge in [0.05, 0.1) is 0 Å². The molecule has 0 aromatic rings. The van der Waals surface area contributed by atoms with E-state index < -0.39 is 0 Å². The number of carbonyl (C=O) groups excluding carboxylic acids is 1. The highest BCUT2D eigenvalue weighted by atomic mass is 16.1. The van der Waals surface area contributed by atoms with Gasteiger partial charge in [-0.3, -0.25) is 4.79 Å². The Labute approximate surface area is 69.2 Å². The molecule has 1 rings (SSSR count). The molecule has 0 amide bonds. The van der Waals surface area contributed by atoms with Gasteiger partial charge in [-0.2, -0.15) is 0 Å². The van der Waals surface area contributed by atoms with Gasteiger partial charge in [0.2, 0.25) is 0 Å². The monoisotopic (exact) mass is 154 g/mol. The van der Waals surface area contributed by atoms with Crippen molar-refractivity contribution >= 4 is 5.78 Å². The van der Waals surface area contributed by atoms with Crippen LogP contribution in [0.4, 0.5) is 0 Å². The predicted molar refractivity (Wildman–Crippen MR) is 46.4 cm³/mol. The zero-order valence-electron chi connectivity index (χ0n) is 7.81.